The van der Waals surface area contributed by atoms with Crippen LogP contribution in [0.3, 0.4) is 0 Å². The lowest BCUT2D eigenvalue weighted by Gasteiger charge is -2.20. The van der Waals surface area contributed by atoms with Crippen molar-refractivity contribution in [2.45, 2.75) is 13.0 Å². The van der Waals surface area contributed by atoms with E-state index in [0.29, 0.717) is 4.67 Å². The molecule has 1 N–H and O–H groups in total. The van der Waals surface area contributed by atoms with Gasteiger partial charge in [-0.1, -0.05) is 0 Å². The van der Waals surface area contributed by atoms with Crippen LogP contribution in [0.15, 0.2) is 18.2 Å². The number of benzene rings is 1. The van der Waals surface area contributed by atoms with E-state index in [0.717, 1.165) is 35.7 Å². The molecule has 3 rings (SSSR count). The summed E-state index contributed by atoms with van der Waals surface area (Å²) in [4.78, 5) is 0. The molecule has 0 aliphatic carbocycles. The first-order valence-corrected chi connectivity index (χ1v) is 6.51. The van der Waals surface area contributed by atoms with Gasteiger partial charge < -0.3 is 9.47 Å². The van der Waals surface area contributed by atoms with Gasteiger partial charge in [0, 0.05) is 12.1 Å². The van der Waals surface area contributed by atoms with E-state index in [-0.39, 0.29) is 0 Å². The summed E-state index contributed by atoms with van der Waals surface area (Å²) in [6.07, 6.45) is 0.966. The number of hydrogen-bond acceptors (Lipinski definition) is 4. The van der Waals surface area contributed by atoms with E-state index in [4.69, 9.17) is 14.9 Å². The number of nitrogens with zero attached hydrogens (tertiary/aromatic N) is 1. The highest BCUT2D eigenvalue weighted by Gasteiger charge is 2.19. The van der Waals surface area contributed by atoms with E-state index in [9.17, 15) is 0 Å². The molecule has 0 unspecified atom stereocenters. The zero-order valence-corrected chi connectivity index (χ0v) is 11.1. The van der Waals surface area contributed by atoms with Crippen molar-refractivity contribution in [1.82, 2.24) is 3.96 Å². The highest BCUT2D eigenvalue weighted by molar-refractivity contribution is 7.04. The third kappa shape index (κ3) is 1.62. The third-order valence-corrected chi connectivity index (χ3v) is 4.13. The maximum Gasteiger partial charge on any atom is 0.161 e. The summed E-state index contributed by atoms with van der Waals surface area (Å²) in [6, 6.07) is 5.96. The Morgan fingerprint density at radius 3 is 2.61 bits per heavy atom. The Bertz CT molecular complexity index is 657. The van der Waals surface area contributed by atoms with Crippen LogP contribution in [-0.4, -0.2) is 18.2 Å². The van der Waals surface area contributed by atoms with Crippen LogP contribution >= 0.6 is 11.5 Å². The predicted octanol–water partition coefficient (Wildman–Crippen LogP) is 2.27. The molecule has 0 spiro atoms. The first-order valence-electron chi connectivity index (χ1n) is 5.74. The van der Waals surface area contributed by atoms with Crippen LogP contribution in [0.2, 0.25) is 0 Å². The van der Waals surface area contributed by atoms with Crippen LogP contribution in [0.1, 0.15) is 5.56 Å². The number of nitrogens with one attached hydrogen (secondary N) is 1. The zero-order valence-electron chi connectivity index (χ0n) is 10.3. The fraction of sp³-hybridized carbons (Fsp3) is 0.308. The average molecular weight is 262 g/mol. The summed E-state index contributed by atoms with van der Waals surface area (Å²) in [5.74, 6) is 1.51. The number of aryl methyl sites for hydroxylation is 2. The maximum absolute atomic E-state index is 7.75. The standard InChI is InChI=1S/C13H14N2O2S/c1-16-11-5-8-3-4-15-10(7-13(14)18-15)9(8)6-12(11)17-2/h5-7,14H,3-4H2,1-2H3. The number of hydrogen-bond donors (Lipinski definition) is 1. The van der Waals surface area contributed by atoms with Crippen molar-refractivity contribution in [3.63, 3.8) is 0 Å². The summed E-state index contributed by atoms with van der Waals surface area (Å²) in [7, 11) is 3.30. The van der Waals surface area contributed by atoms with Crippen LogP contribution in [0, 0.1) is 5.41 Å². The minimum atomic E-state index is 0.590. The van der Waals surface area contributed by atoms with Gasteiger partial charge in [-0.25, -0.2) is 0 Å². The van der Waals surface area contributed by atoms with Gasteiger partial charge in [0.05, 0.1) is 19.9 Å². The van der Waals surface area contributed by atoms with Crippen molar-refractivity contribution in [3.05, 3.63) is 28.4 Å². The molecule has 0 bridgehead atoms. The number of ether oxygens (including phenoxy) is 2. The smallest absolute Gasteiger partial charge is 0.161 e. The predicted molar refractivity (Wildman–Crippen MR) is 70.4 cm³/mol. The molecule has 4 nitrogen and oxygen atoms in total. The largest absolute Gasteiger partial charge is 0.493 e. The maximum atomic E-state index is 7.75. The van der Waals surface area contributed by atoms with E-state index in [1.165, 1.54) is 17.1 Å². The highest BCUT2D eigenvalue weighted by Crippen LogP contribution is 2.38. The van der Waals surface area contributed by atoms with Crippen molar-refractivity contribution >= 4 is 11.5 Å². The number of fused-ring (bicyclic) bond motifs is 3. The average Bonchev–Trinajstić information content (AvgIpc) is 2.77. The quantitative estimate of drug-likeness (QED) is 0.902. The molecule has 0 saturated heterocycles. The van der Waals surface area contributed by atoms with Crippen molar-refractivity contribution in [2.24, 2.45) is 0 Å². The van der Waals surface area contributed by atoms with Crippen LogP contribution in [0.4, 0.5) is 0 Å². The third-order valence-electron chi connectivity index (χ3n) is 3.21. The van der Waals surface area contributed by atoms with Crippen molar-refractivity contribution in [3.8, 4) is 22.8 Å². The Hall–Kier alpha value is -1.75. The number of rotatable bonds is 2. The fourth-order valence-corrected chi connectivity index (χ4v) is 3.19. The fourth-order valence-electron chi connectivity index (χ4n) is 2.36. The Labute approximate surface area is 109 Å². The van der Waals surface area contributed by atoms with Crippen LogP contribution in [0.5, 0.6) is 11.5 Å². The van der Waals surface area contributed by atoms with Gasteiger partial charge >= 0.3 is 0 Å². The topological polar surface area (TPSA) is 47.2 Å². The van der Waals surface area contributed by atoms with Gasteiger partial charge in [-0.3, -0.25) is 9.37 Å². The summed E-state index contributed by atoms with van der Waals surface area (Å²) in [5, 5.41) is 7.75. The summed E-state index contributed by atoms with van der Waals surface area (Å²) in [5.41, 5.74) is 3.51. The molecule has 5 heteroatoms. The normalized spacial score (nSPS) is 12.8. The van der Waals surface area contributed by atoms with Crippen molar-refractivity contribution < 1.29 is 9.47 Å². The second-order valence-electron chi connectivity index (χ2n) is 4.20. The SMILES string of the molecule is COc1cc2c(cc1OC)-c1cc(=N)sn1CC2. The molecule has 1 aliphatic heterocycles. The molecule has 0 fully saturated rings. The van der Waals surface area contributed by atoms with Gasteiger partial charge in [-0.15, -0.1) is 0 Å². The van der Waals surface area contributed by atoms with Gasteiger partial charge in [0.1, 0.15) is 4.67 Å². The molecule has 0 radical (unpaired) electrons. The first kappa shape index (κ1) is 11.3. The lowest BCUT2D eigenvalue weighted by atomic mass is 9.98. The lowest BCUT2D eigenvalue weighted by molar-refractivity contribution is 0.354. The first-order chi connectivity index (χ1) is 8.72. The van der Waals surface area contributed by atoms with Crippen LogP contribution in [-0.2, 0) is 13.0 Å². The van der Waals surface area contributed by atoms with Gasteiger partial charge in [-0.05, 0) is 41.7 Å². The van der Waals surface area contributed by atoms with Gasteiger partial charge in [0.15, 0.2) is 11.5 Å². The van der Waals surface area contributed by atoms with Crippen molar-refractivity contribution in [2.75, 3.05) is 14.2 Å². The zero-order chi connectivity index (χ0) is 12.7. The molecule has 0 saturated carbocycles. The van der Waals surface area contributed by atoms with E-state index in [1.807, 2.05) is 18.2 Å². The summed E-state index contributed by atoms with van der Waals surface area (Å²) in [6.45, 7) is 0.932. The van der Waals surface area contributed by atoms with E-state index < -0.39 is 0 Å². The van der Waals surface area contributed by atoms with Gasteiger partial charge in [0.2, 0.25) is 0 Å². The lowest BCUT2D eigenvalue weighted by Crippen LogP contribution is -2.09. The molecule has 1 aliphatic rings. The molecule has 18 heavy (non-hydrogen) atoms. The Morgan fingerprint density at radius 2 is 1.89 bits per heavy atom. The Morgan fingerprint density at radius 1 is 1.17 bits per heavy atom. The van der Waals surface area contributed by atoms with Crippen LogP contribution in [0.25, 0.3) is 11.3 Å². The molecule has 94 valence electrons. The number of aromatic nitrogens is 1. The Kier molecular flexibility index (Phi) is 2.63. The molecule has 1 aromatic carbocycles. The molecule has 2 heterocycles. The molecular formula is C13H14N2O2S. The Balaban J connectivity index is 2.23. The van der Waals surface area contributed by atoms with Crippen LogP contribution < -0.4 is 14.1 Å². The minimum absolute atomic E-state index is 0.590. The van der Waals surface area contributed by atoms with Gasteiger partial charge in [-0.2, -0.15) is 0 Å². The van der Waals surface area contributed by atoms with Crippen molar-refractivity contribution in [1.29, 1.82) is 5.41 Å². The molecule has 2 aromatic rings. The molecule has 0 atom stereocenters. The number of methoxy groups -OCH3 is 2. The second kappa shape index (κ2) is 4.17. The van der Waals surface area contributed by atoms with E-state index in [1.54, 1.807) is 14.2 Å². The summed E-state index contributed by atoms with van der Waals surface area (Å²) >= 11 is 1.49. The van der Waals surface area contributed by atoms with E-state index in [2.05, 4.69) is 3.96 Å². The second-order valence-corrected chi connectivity index (χ2v) is 5.26. The molecular weight excluding hydrogens is 248 g/mol. The van der Waals surface area contributed by atoms with Gasteiger partial charge in [0.25, 0.3) is 0 Å². The minimum Gasteiger partial charge on any atom is -0.493 e. The summed E-state index contributed by atoms with van der Waals surface area (Å²) < 4.78 is 13.4. The molecule has 1 aromatic heterocycles. The van der Waals surface area contributed by atoms with E-state index >= 15 is 0 Å². The monoisotopic (exact) mass is 262 g/mol. The molecule has 0 amide bonds. The highest BCUT2D eigenvalue weighted by atomic mass is 32.1.